The fraction of sp³-hybridized carbons (Fsp3) is 0.550. The van der Waals surface area contributed by atoms with Gasteiger partial charge >= 0.3 is 5.97 Å². The first-order chi connectivity index (χ1) is 12.3. The number of hydrogen-bond donors (Lipinski definition) is 1. The van der Waals surface area contributed by atoms with Crippen molar-refractivity contribution in [3.8, 4) is 0 Å². The summed E-state index contributed by atoms with van der Waals surface area (Å²) in [4.78, 5) is 11.9. The lowest BCUT2D eigenvalue weighted by molar-refractivity contribution is -0.255. The van der Waals surface area contributed by atoms with Gasteiger partial charge < -0.3 is 24.1 Å². The molecule has 26 heavy (non-hydrogen) atoms. The molecule has 1 aromatic carbocycles. The summed E-state index contributed by atoms with van der Waals surface area (Å²) in [6, 6.07) is 9.70. The van der Waals surface area contributed by atoms with Crippen molar-refractivity contribution >= 4 is 5.97 Å². The Morgan fingerprint density at radius 1 is 1.31 bits per heavy atom. The second-order valence-electron chi connectivity index (χ2n) is 7.68. The maximum atomic E-state index is 11.9. The molecule has 2 heterocycles. The van der Waals surface area contributed by atoms with Gasteiger partial charge in [0.1, 0.15) is 23.6 Å². The summed E-state index contributed by atoms with van der Waals surface area (Å²) in [7, 11) is 0. The topological polar surface area (TPSA) is 74.2 Å². The SMILES string of the molecule is CC(C)(C)OC(=O)/C=C1\C[C@H]2CO[C@H](OCc3ccccc3)[C@H](O)[C@H]2O1. The zero-order chi connectivity index (χ0) is 18.7. The Kier molecular flexibility index (Phi) is 5.65. The molecule has 0 bridgehead atoms. The maximum absolute atomic E-state index is 11.9. The monoisotopic (exact) mass is 362 g/mol. The molecule has 0 saturated carbocycles. The van der Waals surface area contributed by atoms with Crippen LogP contribution in [-0.4, -0.2) is 41.8 Å². The van der Waals surface area contributed by atoms with Gasteiger partial charge in [-0.15, -0.1) is 0 Å². The zero-order valence-electron chi connectivity index (χ0n) is 15.4. The van der Waals surface area contributed by atoms with Gasteiger partial charge in [-0.3, -0.25) is 0 Å². The minimum atomic E-state index is -0.915. The third-order valence-corrected chi connectivity index (χ3v) is 4.25. The largest absolute Gasteiger partial charge is 0.491 e. The Labute approximate surface area is 153 Å². The molecule has 0 amide bonds. The molecule has 4 atom stereocenters. The number of allylic oxidation sites excluding steroid dienone is 1. The number of benzene rings is 1. The Balaban J connectivity index is 1.56. The molecule has 1 N–H and O–H groups in total. The number of aliphatic hydroxyl groups is 1. The van der Waals surface area contributed by atoms with Crippen LogP contribution in [0.3, 0.4) is 0 Å². The maximum Gasteiger partial charge on any atom is 0.334 e. The molecule has 6 heteroatoms. The average molecular weight is 362 g/mol. The first kappa shape index (κ1) is 18.9. The van der Waals surface area contributed by atoms with E-state index >= 15 is 0 Å². The van der Waals surface area contributed by atoms with Gasteiger partial charge in [0.05, 0.1) is 19.3 Å². The minimum absolute atomic E-state index is 0.00439. The predicted octanol–water partition coefficient (Wildman–Crippen LogP) is 2.55. The molecule has 2 saturated heterocycles. The van der Waals surface area contributed by atoms with Crippen LogP contribution in [0.2, 0.25) is 0 Å². The third-order valence-electron chi connectivity index (χ3n) is 4.25. The summed E-state index contributed by atoms with van der Waals surface area (Å²) in [5.74, 6) is 0.0642. The van der Waals surface area contributed by atoms with E-state index in [9.17, 15) is 9.90 Å². The fourth-order valence-electron chi connectivity index (χ4n) is 3.12. The van der Waals surface area contributed by atoms with Crippen molar-refractivity contribution in [2.24, 2.45) is 5.92 Å². The highest BCUT2D eigenvalue weighted by molar-refractivity contribution is 5.82. The van der Waals surface area contributed by atoms with Gasteiger partial charge in [0.15, 0.2) is 6.29 Å². The molecule has 3 rings (SSSR count). The molecule has 0 radical (unpaired) electrons. The van der Waals surface area contributed by atoms with E-state index in [1.54, 1.807) is 0 Å². The number of esters is 1. The van der Waals surface area contributed by atoms with Crippen LogP contribution in [0.25, 0.3) is 0 Å². The summed E-state index contributed by atoms with van der Waals surface area (Å²) in [6.07, 6.45) is -0.222. The lowest BCUT2D eigenvalue weighted by Crippen LogP contribution is -2.49. The van der Waals surface area contributed by atoms with Gasteiger partial charge in [0.25, 0.3) is 0 Å². The van der Waals surface area contributed by atoms with E-state index in [1.165, 1.54) is 6.08 Å². The van der Waals surface area contributed by atoms with Crippen molar-refractivity contribution in [3.63, 3.8) is 0 Å². The molecule has 0 spiro atoms. The number of ether oxygens (including phenoxy) is 4. The minimum Gasteiger partial charge on any atom is -0.491 e. The van der Waals surface area contributed by atoms with Gasteiger partial charge in [-0.1, -0.05) is 30.3 Å². The molecule has 142 valence electrons. The van der Waals surface area contributed by atoms with Gasteiger partial charge in [-0.25, -0.2) is 4.79 Å². The molecular weight excluding hydrogens is 336 g/mol. The van der Waals surface area contributed by atoms with Crippen LogP contribution >= 0.6 is 0 Å². The van der Waals surface area contributed by atoms with Crippen molar-refractivity contribution in [1.82, 2.24) is 0 Å². The highest BCUT2D eigenvalue weighted by Crippen LogP contribution is 2.37. The van der Waals surface area contributed by atoms with Crippen molar-refractivity contribution in [3.05, 3.63) is 47.7 Å². The number of aliphatic hydroxyl groups excluding tert-OH is 1. The van der Waals surface area contributed by atoms with Crippen molar-refractivity contribution < 1.29 is 28.8 Å². The van der Waals surface area contributed by atoms with Gasteiger partial charge in [0, 0.05) is 12.3 Å². The van der Waals surface area contributed by atoms with E-state index in [4.69, 9.17) is 18.9 Å². The Morgan fingerprint density at radius 2 is 2.04 bits per heavy atom. The number of hydrogen-bond acceptors (Lipinski definition) is 6. The highest BCUT2D eigenvalue weighted by atomic mass is 16.7. The highest BCUT2D eigenvalue weighted by Gasteiger charge is 2.46. The van der Waals surface area contributed by atoms with E-state index in [2.05, 4.69) is 0 Å². The summed E-state index contributed by atoms with van der Waals surface area (Å²) >= 11 is 0. The Bertz CT molecular complexity index is 648. The van der Waals surface area contributed by atoms with Crippen LogP contribution in [-0.2, 0) is 30.3 Å². The average Bonchev–Trinajstić information content (AvgIpc) is 2.96. The van der Waals surface area contributed by atoms with Crippen LogP contribution in [0, 0.1) is 5.92 Å². The summed E-state index contributed by atoms with van der Waals surface area (Å²) in [5.41, 5.74) is 0.446. The second kappa shape index (κ2) is 7.78. The number of rotatable bonds is 4. The lowest BCUT2D eigenvalue weighted by atomic mass is 9.95. The van der Waals surface area contributed by atoms with E-state index in [0.29, 0.717) is 25.4 Å². The number of fused-ring (bicyclic) bond motifs is 1. The summed E-state index contributed by atoms with van der Waals surface area (Å²) in [6.45, 7) is 6.19. The van der Waals surface area contributed by atoms with Crippen LogP contribution in [0.4, 0.5) is 0 Å². The molecule has 0 aliphatic carbocycles. The molecule has 2 aliphatic rings. The lowest BCUT2D eigenvalue weighted by Gasteiger charge is -2.35. The molecule has 1 aromatic rings. The van der Waals surface area contributed by atoms with Crippen LogP contribution in [0.1, 0.15) is 32.8 Å². The molecule has 0 aromatic heterocycles. The van der Waals surface area contributed by atoms with Gasteiger partial charge in [-0.2, -0.15) is 0 Å². The Hall–Kier alpha value is -1.89. The number of carbonyl (C=O) groups is 1. The van der Waals surface area contributed by atoms with Crippen molar-refractivity contribution in [1.29, 1.82) is 0 Å². The van der Waals surface area contributed by atoms with E-state index in [0.717, 1.165) is 5.56 Å². The molecule has 0 unspecified atom stereocenters. The second-order valence-corrected chi connectivity index (χ2v) is 7.68. The van der Waals surface area contributed by atoms with Crippen LogP contribution in [0.5, 0.6) is 0 Å². The van der Waals surface area contributed by atoms with Crippen LogP contribution < -0.4 is 0 Å². The molecule has 2 fully saturated rings. The predicted molar refractivity (Wildman–Crippen MR) is 93.9 cm³/mol. The van der Waals surface area contributed by atoms with Gasteiger partial charge in [0.2, 0.25) is 0 Å². The standard InChI is InChI=1S/C20H26O6/c1-20(2,3)26-16(21)10-15-9-14-12-24-19(17(22)18(14)25-15)23-11-13-7-5-4-6-8-13/h4-8,10,14,17-19,22H,9,11-12H2,1-3H3/b15-10+/t14-,17+,18-,19-/m0/s1. The molecular formula is C20H26O6. The quantitative estimate of drug-likeness (QED) is 0.655. The summed E-state index contributed by atoms with van der Waals surface area (Å²) < 4.78 is 22.4. The van der Waals surface area contributed by atoms with E-state index in [-0.39, 0.29) is 5.92 Å². The number of carbonyl (C=O) groups excluding carboxylic acids is 1. The van der Waals surface area contributed by atoms with Crippen molar-refractivity contribution in [2.45, 2.75) is 57.9 Å². The first-order valence-corrected chi connectivity index (χ1v) is 8.87. The van der Waals surface area contributed by atoms with Crippen molar-refractivity contribution in [2.75, 3.05) is 6.61 Å². The molecule has 6 nitrogen and oxygen atoms in total. The van der Waals surface area contributed by atoms with Crippen LogP contribution in [0.15, 0.2) is 42.2 Å². The van der Waals surface area contributed by atoms with E-state index in [1.807, 2.05) is 51.1 Å². The normalized spacial score (nSPS) is 29.9. The molecule has 2 aliphatic heterocycles. The fourth-order valence-corrected chi connectivity index (χ4v) is 3.12. The van der Waals surface area contributed by atoms with E-state index < -0.39 is 30.1 Å². The summed E-state index contributed by atoms with van der Waals surface area (Å²) in [5, 5.41) is 10.5. The van der Waals surface area contributed by atoms with Gasteiger partial charge in [-0.05, 0) is 26.3 Å². The first-order valence-electron chi connectivity index (χ1n) is 8.87. The Morgan fingerprint density at radius 3 is 2.73 bits per heavy atom. The smallest absolute Gasteiger partial charge is 0.334 e. The third kappa shape index (κ3) is 4.84. The zero-order valence-corrected chi connectivity index (χ0v) is 15.4.